The predicted octanol–water partition coefficient (Wildman–Crippen LogP) is -0.608. The Morgan fingerprint density at radius 1 is 1.20 bits per heavy atom. The van der Waals surface area contributed by atoms with Gasteiger partial charge in [-0.2, -0.15) is 0 Å². The smallest absolute Gasteiger partial charge is 0.481 e. The van der Waals surface area contributed by atoms with E-state index in [0.717, 1.165) is 0 Å². The molecule has 0 bridgehead atoms. The fourth-order valence-electron chi connectivity index (χ4n) is 0.949. The monoisotopic (exact) mass is 234 g/mol. The van der Waals surface area contributed by atoms with E-state index in [1.54, 1.807) is 0 Å². The number of carbonyl (C=O) groups excluding carboxylic acids is 3. The number of nitrogens with one attached hydrogen (secondary N) is 1. The summed E-state index contributed by atoms with van der Waals surface area (Å²) in [4.78, 5) is 32.0. The van der Waals surface area contributed by atoms with Gasteiger partial charge in [-0.05, 0) is 0 Å². The molecule has 0 heterocycles. The molecule has 0 atom stereocenters. The van der Waals surface area contributed by atoms with Crippen LogP contribution in [0.15, 0.2) is 0 Å². The molecule has 0 aromatic carbocycles. The van der Waals surface area contributed by atoms with Crippen molar-refractivity contribution in [2.75, 3.05) is 6.17 Å². The van der Waals surface area contributed by atoms with Gasteiger partial charge >= 0.3 is 14.6 Å². The number of nitrogens with two attached hydrogens (primary N) is 1. The first-order valence-corrected chi connectivity index (χ1v) is 6.70. The minimum atomic E-state index is -3.05. The van der Waals surface area contributed by atoms with Gasteiger partial charge in [-0.3, -0.25) is 9.59 Å². The first kappa shape index (κ1) is 13.4. The summed E-state index contributed by atoms with van der Waals surface area (Å²) in [5.41, 5.74) is 4.85. The predicted molar refractivity (Wildman–Crippen MR) is 52.7 cm³/mol. The lowest BCUT2D eigenvalue weighted by molar-refractivity contribution is -0.138. The van der Waals surface area contributed by atoms with E-state index in [0.29, 0.717) is 0 Å². The second-order valence-corrected chi connectivity index (χ2v) is 6.07. The third kappa shape index (κ3) is 6.49. The third-order valence-electron chi connectivity index (χ3n) is 1.30. The normalized spacial score (nSPS) is 10.3. The number of hydrogen-bond acceptors (Lipinski definition) is 5. The summed E-state index contributed by atoms with van der Waals surface area (Å²) in [6.07, 6.45) is -0.0680. The van der Waals surface area contributed by atoms with Gasteiger partial charge < -0.3 is 19.9 Å². The molecule has 86 valence electrons. The van der Waals surface area contributed by atoms with Gasteiger partial charge in [0.15, 0.2) is 0 Å². The highest BCUT2D eigenvalue weighted by molar-refractivity contribution is 6.69. The summed E-state index contributed by atoms with van der Waals surface area (Å²) in [7, 11) is -3.05. The van der Waals surface area contributed by atoms with Gasteiger partial charge in [0.05, 0.1) is 6.17 Å². The number of urea groups is 1. The van der Waals surface area contributed by atoms with Gasteiger partial charge in [0.25, 0.3) is 11.9 Å². The Balaban J connectivity index is 4.46. The molecule has 0 aliphatic heterocycles. The Labute approximate surface area is 88.2 Å². The summed E-state index contributed by atoms with van der Waals surface area (Å²) < 4.78 is 9.77. The highest BCUT2D eigenvalue weighted by atomic mass is 28.4. The maximum atomic E-state index is 10.8. The van der Waals surface area contributed by atoms with Crippen molar-refractivity contribution in [3.8, 4) is 0 Å². The number of hydrogen-bond donors (Lipinski definition) is 2. The van der Waals surface area contributed by atoms with Crippen molar-refractivity contribution in [3.63, 3.8) is 0 Å². The number of rotatable bonds is 4. The van der Waals surface area contributed by atoms with E-state index < -0.39 is 26.5 Å². The molecule has 0 saturated heterocycles. The molecule has 0 aromatic rings. The molecule has 0 radical (unpaired) electrons. The molecule has 0 fully saturated rings. The van der Waals surface area contributed by atoms with Crippen LogP contribution in [-0.4, -0.2) is 32.7 Å². The first-order chi connectivity index (χ1) is 6.75. The first-order valence-electron chi connectivity index (χ1n) is 4.17. The highest BCUT2D eigenvalue weighted by Gasteiger charge is 2.38. The van der Waals surface area contributed by atoms with Crippen LogP contribution in [0, 0.1) is 0 Å². The van der Waals surface area contributed by atoms with Gasteiger partial charge in [-0.1, -0.05) is 0 Å². The second kappa shape index (κ2) is 5.34. The van der Waals surface area contributed by atoms with Crippen LogP contribution in [0.1, 0.15) is 13.8 Å². The zero-order valence-electron chi connectivity index (χ0n) is 8.83. The Bertz CT molecular complexity index is 265. The van der Waals surface area contributed by atoms with Crippen LogP contribution in [0.5, 0.6) is 0 Å². The third-order valence-corrected chi connectivity index (χ3v) is 3.56. The molecule has 0 aliphatic carbocycles. The Morgan fingerprint density at radius 3 is 1.87 bits per heavy atom. The number of carbonyl (C=O) groups is 3. The van der Waals surface area contributed by atoms with Crippen LogP contribution in [-0.2, 0) is 18.4 Å². The zero-order valence-corrected chi connectivity index (χ0v) is 9.83. The highest BCUT2D eigenvalue weighted by Crippen LogP contribution is 2.06. The molecule has 0 unspecified atom stereocenters. The largest absolute Gasteiger partial charge is 0.484 e. The van der Waals surface area contributed by atoms with E-state index in [9.17, 15) is 14.4 Å². The van der Waals surface area contributed by atoms with Gasteiger partial charge in [-0.25, -0.2) is 4.79 Å². The molecular weight excluding hydrogens is 220 g/mol. The molecule has 7 nitrogen and oxygen atoms in total. The summed E-state index contributed by atoms with van der Waals surface area (Å²) in [6, 6.07) is -0.770. The van der Waals surface area contributed by atoms with Gasteiger partial charge in [0.2, 0.25) is 0 Å². The fourth-order valence-corrected chi connectivity index (χ4v) is 2.85. The topological polar surface area (TPSA) is 108 Å². The van der Waals surface area contributed by atoms with E-state index in [2.05, 4.69) is 5.32 Å². The van der Waals surface area contributed by atoms with Crippen molar-refractivity contribution in [3.05, 3.63) is 0 Å². The van der Waals surface area contributed by atoms with Crippen LogP contribution in [0.2, 0.25) is 6.55 Å². The van der Waals surface area contributed by atoms with Crippen molar-refractivity contribution in [2.24, 2.45) is 5.73 Å². The summed E-state index contributed by atoms with van der Waals surface area (Å²) in [5, 5.41) is 2.24. The average molecular weight is 234 g/mol. The van der Waals surface area contributed by atoms with Gasteiger partial charge in [0, 0.05) is 20.4 Å². The van der Waals surface area contributed by atoms with Crippen molar-refractivity contribution in [1.82, 2.24) is 5.32 Å². The Kier molecular flexibility index (Phi) is 4.78. The van der Waals surface area contributed by atoms with Crippen LogP contribution in [0.3, 0.4) is 0 Å². The summed E-state index contributed by atoms with van der Waals surface area (Å²) in [6.45, 7) is 3.86. The lowest BCUT2D eigenvalue weighted by atomic mass is 10.9. The SMILES string of the molecule is CC(=O)O[Si](C)(CNC(N)=O)OC(C)=O. The molecule has 0 spiro atoms. The van der Waals surface area contributed by atoms with Crippen molar-refractivity contribution < 1.29 is 23.2 Å². The number of amides is 2. The minimum absolute atomic E-state index is 0.0680. The van der Waals surface area contributed by atoms with E-state index in [1.165, 1.54) is 20.4 Å². The molecule has 0 saturated carbocycles. The Morgan fingerprint density at radius 2 is 1.60 bits per heavy atom. The molecule has 8 heteroatoms. The lowest BCUT2D eigenvalue weighted by Gasteiger charge is -2.24. The van der Waals surface area contributed by atoms with Crippen molar-refractivity contribution >= 4 is 26.5 Å². The van der Waals surface area contributed by atoms with Crippen molar-refractivity contribution in [2.45, 2.75) is 20.4 Å². The number of primary amides is 1. The van der Waals surface area contributed by atoms with Crippen LogP contribution in [0.25, 0.3) is 0 Å². The fraction of sp³-hybridized carbons (Fsp3) is 0.571. The molecule has 0 aromatic heterocycles. The molecule has 0 rings (SSSR count). The maximum absolute atomic E-state index is 10.8. The molecule has 2 amide bonds. The van der Waals surface area contributed by atoms with Crippen molar-refractivity contribution in [1.29, 1.82) is 0 Å². The van der Waals surface area contributed by atoms with E-state index in [4.69, 9.17) is 14.6 Å². The quantitative estimate of drug-likeness (QED) is 0.631. The van der Waals surface area contributed by atoms with Crippen LogP contribution < -0.4 is 11.1 Å². The standard InChI is InChI=1S/C7H14N2O5Si/c1-5(10)13-15(3,14-6(2)11)4-9-7(8)12/h4H2,1-3H3,(H3,8,9,12). The molecule has 3 N–H and O–H groups in total. The van der Waals surface area contributed by atoms with E-state index >= 15 is 0 Å². The van der Waals surface area contributed by atoms with Gasteiger partial charge in [-0.15, -0.1) is 0 Å². The van der Waals surface area contributed by atoms with E-state index in [-0.39, 0.29) is 6.17 Å². The van der Waals surface area contributed by atoms with Crippen LogP contribution >= 0.6 is 0 Å². The van der Waals surface area contributed by atoms with Crippen LogP contribution in [0.4, 0.5) is 4.79 Å². The average Bonchev–Trinajstić information content (AvgIpc) is 1.97. The molecular formula is C7H14N2O5Si. The molecule has 15 heavy (non-hydrogen) atoms. The summed E-state index contributed by atoms with van der Waals surface area (Å²) in [5.74, 6) is -1.15. The molecule has 0 aliphatic rings. The minimum Gasteiger partial charge on any atom is -0.484 e. The lowest BCUT2D eigenvalue weighted by Crippen LogP contribution is -2.52. The second-order valence-electron chi connectivity index (χ2n) is 3.04. The zero-order chi connectivity index (χ0) is 12.1. The Hall–Kier alpha value is -1.57. The maximum Gasteiger partial charge on any atom is 0.481 e. The van der Waals surface area contributed by atoms with E-state index in [1.807, 2.05) is 0 Å². The summed E-state index contributed by atoms with van der Waals surface area (Å²) >= 11 is 0. The van der Waals surface area contributed by atoms with Gasteiger partial charge in [0.1, 0.15) is 0 Å².